The number of aliphatic hydroxyl groups is 1. The van der Waals surface area contributed by atoms with Crippen LogP contribution in [0.4, 0.5) is 0 Å². The predicted molar refractivity (Wildman–Crippen MR) is 26.6 cm³/mol. The van der Waals surface area contributed by atoms with E-state index in [0.717, 1.165) is 12.8 Å². The van der Waals surface area contributed by atoms with Crippen molar-refractivity contribution in [2.45, 2.75) is 26.2 Å². The summed E-state index contributed by atoms with van der Waals surface area (Å²) < 4.78 is 0. The van der Waals surface area contributed by atoms with E-state index in [4.69, 9.17) is 5.11 Å². The Morgan fingerprint density at radius 1 is 1.29 bits per heavy atom. The van der Waals surface area contributed by atoms with Crippen molar-refractivity contribution in [1.29, 1.82) is 0 Å². The zero-order chi connectivity index (χ0) is 4.83. The van der Waals surface area contributed by atoms with Gasteiger partial charge in [0.05, 0.1) is 0 Å². The van der Waals surface area contributed by atoms with E-state index in [2.05, 4.69) is 6.92 Å². The summed E-state index contributed by atoms with van der Waals surface area (Å²) in [6, 6.07) is 0. The van der Waals surface area contributed by atoms with Crippen molar-refractivity contribution in [1.82, 2.24) is 0 Å². The summed E-state index contributed by atoms with van der Waals surface area (Å²) in [7, 11) is 0. The van der Waals surface area contributed by atoms with Gasteiger partial charge in [0.2, 0.25) is 0 Å². The molecule has 0 saturated carbocycles. The molecular weight excluding hydrogens is 167 g/mol. The zero-order valence-electron chi connectivity index (χ0n) is 4.78. The molecule has 0 fully saturated rings. The van der Waals surface area contributed by atoms with E-state index in [1.807, 2.05) is 0 Å². The summed E-state index contributed by atoms with van der Waals surface area (Å²) in [5, 5.41) is 8.20. The van der Waals surface area contributed by atoms with Gasteiger partial charge in [-0.15, -0.1) is 0 Å². The van der Waals surface area contributed by atoms with E-state index in [-0.39, 0.29) is 26.2 Å². The molecule has 0 aliphatic heterocycles. The van der Waals surface area contributed by atoms with Crippen LogP contribution in [-0.2, 0) is 26.2 Å². The summed E-state index contributed by atoms with van der Waals surface area (Å²) in [4.78, 5) is 0. The van der Waals surface area contributed by atoms with Crippen molar-refractivity contribution in [3.63, 3.8) is 0 Å². The number of hydrogen-bond donors (Lipinski definition) is 1. The molecule has 0 spiro atoms. The monoisotopic (exact) mass is 178 g/mol. The van der Waals surface area contributed by atoms with E-state index >= 15 is 0 Å². The third-order valence-corrected chi connectivity index (χ3v) is 0.762. The Bertz CT molecular complexity index is 20.0. The summed E-state index contributed by atoms with van der Waals surface area (Å²) in [5.41, 5.74) is 0. The second kappa shape index (κ2) is 9.96. The van der Waals surface area contributed by atoms with Crippen LogP contribution in [0.1, 0.15) is 26.2 Å². The number of aliphatic hydroxyl groups excluding tert-OH is 1. The number of unbranched alkanes of at least 4 members (excludes halogenated alkanes) is 2. The molecule has 0 atom stereocenters. The van der Waals surface area contributed by atoms with Gasteiger partial charge >= 0.3 is 0 Å². The summed E-state index contributed by atoms with van der Waals surface area (Å²) in [5.74, 6) is 0. The average molecular weight is 179 g/mol. The third-order valence-electron chi connectivity index (χ3n) is 0.762. The first-order valence-corrected chi connectivity index (χ1v) is 2.52. The van der Waals surface area contributed by atoms with Crippen LogP contribution >= 0.6 is 0 Å². The van der Waals surface area contributed by atoms with Crippen LogP contribution < -0.4 is 0 Å². The van der Waals surface area contributed by atoms with Gasteiger partial charge in [-0.25, -0.2) is 0 Å². The van der Waals surface area contributed by atoms with Gasteiger partial charge < -0.3 is 5.11 Å². The average Bonchev–Trinajstić information content (AvgIpc) is 1.61. The second-order valence-electron chi connectivity index (χ2n) is 1.43. The van der Waals surface area contributed by atoms with E-state index in [0.29, 0.717) is 6.61 Å². The van der Waals surface area contributed by atoms with Crippen LogP contribution in [0.15, 0.2) is 0 Å². The fourth-order valence-electron chi connectivity index (χ4n) is 0.362. The van der Waals surface area contributed by atoms with Crippen molar-refractivity contribution in [2.75, 3.05) is 6.61 Å². The first-order valence-electron chi connectivity index (χ1n) is 2.52. The Morgan fingerprint density at radius 3 is 2.00 bits per heavy atom. The SMILES string of the molecule is CCCCCO.[Zr]. The van der Waals surface area contributed by atoms with E-state index in [1.165, 1.54) is 6.42 Å². The van der Waals surface area contributed by atoms with E-state index < -0.39 is 0 Å². The van der Waals surface area contributed by atoms with Gasteiger partial charge in [-0.05, 0) is 6.42 Å². The molecule has 0 aromatic rings. The standard InChI is InChI=1S/C5H12O.Zr/c1-2-3-4-5-6;/h6H,2-5H2,1H3;. The van der Waals surface area contributed by atoms with Crippen LogP contribution in [0, 0.1) is 0 Å². The minimum Gasteiger partial charge on any atom is -0.396 e. The minimum atomic E-state index is 0. The predicted octanol–water partition coefficient (Wildman–Crippen LogP) is 1.17. The largest absolute Gasteiger partial charge is 0.396 e. The molecule has 0 aromatic carbocycles. The smallest absolute Gasteiger partial charge is 0.0431 e. The minimum absolute atomic E-state index is 0. The molecule has 0 aliphatic rings. The fourth-order valence-corrected chi connectivity index (χ4v) is 0.362. The van der Waals surface area contributed by atoms with Crippen LogP contribution in [0.2, 0.25) is 0 Å². The molecule has 1 N–H and O–H groups in total. The molecule has 0 rings (SSSR count). The molecule has 2 heteroatoms. The second-order valence-corrected chi connectivity index (χ2v) is 1.43. The summed E-state index contributed by atoms with van der Waals surface area (Å²) in [6.45, 7) is 2.48. The molecule has 0 saturated heterocycles. The van der Waals surface area contributed by atoms with Gasteiger partial charge in [-0.1, -0.05) is 19.8 Å². The molecule has 0 unspecified atom stereocenters. The molecule has 0 bridgehead atoms. The first kappa shape index (κ1) is 10.8. The summed E-state index contributed by atoms with van der Waals surface area (Å²) >= 11 is 0. The Hall–Kier alpha value is 0.843. The van der Waals surface area contributed by atoms with Crippen molar-refractivity contribution in [3.8, 4) is 0 Å². The van der Waals surface area contributed by atoms with Gasteiger partial charge in [0.15, 0.2) is 0 Å². The Kier molecular flexibility index (Phi) is 15.3. The molecule has 0 radical (unpaired) electrons. The van der Waals surface area contributed by atoms with Crippen LogP contribution in [0.5, 0.6) is 0 Å². The van der Waals surface area contributed by atoms with E-state index in [1.54, 1.807) is 0 Å². The molecule has 42 valence electrons. The molecule has 0 heterocycles. The van der Waals surface area contributed by atoms with Gasteiger partial charge in [0, 0.05) is 32.8 Å². The molecule has 0 aromatic heterocycles. The van der Waals surface area contributed by atoms with Gasteiger partial charge in [0.1, 0.15) is 0 Å². The van der Waals surface area contributed by atoms with Gasteiger partial charge in [-0.2, -0.15) is 0 Å². The van der Waals surface area contributed by atoms with Crippen LogP contribution in [0.3, 0.4) is 0 Å². The first-order chi connectivity index (χ1) is 2.91. The maximum Gasteiger partial charge on any atom is 0.0431 e. The van der Waals surface area contributed by atoms with Gasteiger partial charge in [-0.3, -0.25) is 0 Å². The zero-order valence-corrected chi connectivity index (χ0v) is 7.23. The Labute approximate surface area is 64.2 Å². The van der Waals surface area contributed by atoms with Crippen molar-refractivity contribution < 1.29 is 31.3 Å². The molecule has 7 heavy (non-hydrogen) atoms. The maximum atomic E-state index is 8.20. The normalized spacial score (nSPS) is 7.71. The van der Waals surface area contributed by atoms with Crippen molar-refractivity contribution in [2.24, 2.45) is 0 Å². The Morgan fingerprint density at radius 2 is 1.86 bits per heavy atom. The number of rotatable bonds is 3. The molecule has 0 aliphatic carbocycles. The van der Waals surface area contributed by atoms with Crippen LogP contribution in [0.25, 0.3) is 0 Å². The van der Waals surface area contributed by atoms with Gasteiger partial charge in [0.25, 0.3) is 0 Å². The quantitative estimate of drug-likeness (QED) is 0.645. The third kappa shape index (κ3) is 10.9. The number of hydrogen-bond acceptors (Lipinski definition) is 1. The molecular formula is C5H12OZr. The van der Waals surface area contributed by atoms with Crippen molar-refractivity contribution in [3.05, 3.63) is 0 Å². The molecule has 1 nitrogen and oxygen atoms in total. The maximum absolute atomic E-state index is 8.20. The topological polar surface area (TPSA) is 20.2 Å². The van der Waals surface area contributed by atoms with Crippen molar-refractivity contribution >= 4 is 0 Å². The fraction of sp³-hybridized carbons (Fsp3) is 1.00. The van der Waals surface area contributed by atoms with Crippen LogP contribution in [-0.4, -0.2) is 11.7 Å². The van der Waals surface area contributed by atoms with E-state index in [9.17, 15) is 0 Å². The Balaban J connectivity index is 0. The summed E-state index contributed by atoms with van der Waals surface area (Å²) in [6.07, 6.45) is 3.33. The molecule has 0 amide bonds.